The van der Waals surface area contributed by atoms with Crippen molar-refractivity contribution in [1.82, 2.24) is 9.80 Å². The molecule has 0 unspecified atom stereocenters. The number of ether oxygens (including phenoxy) is 1. The molecule has 0 saturated carbocycles. The number of nitrogens with one attached hydrogen (secondary N) is 1. The lowest BCUT2D eigenvalue weighted by Gasteiger charge is -2.18. The van der Waals surface area contributed by atoms with Crippen LogP contribution in [0.1, 0.15) is 37.6 Å². The van der Waals surface area contributed by atoms with E-state index in [1.165, 1.54) is 24.3 Å². The second-order valence-electron chi connectivity index (χ2n) is 6.20. The minimum Gasteiger partial charge on any atom is -0.462 e. The molecular weight excluding hydrogens is 354 g/mol. The Balaban J connectivity index is 1.98. The fraction of sp³-hybridized carbons (Fsp3) is 0.389. The van der Waals surface area contributed by atoms with Gasteiger partial charge in [0.2, 0.25) is 5.91 Å². The summed E-state index contributed by atoms with van der Waals surface area (Å²) in [7, 11) is 0. The van der Waals surface area contributed by atoms with E-state index in [0.29, 0.717) is 29.2 Å². The third kappa shape index (κ3) is 4.49. The molecule has 0 aromatic heterocycles. The Kier molecular flexibility index (Phi) is 6.27. The normalized spacial score (nSPS) is 14.1. The van der Waals surface area contributed by atoms with Crippen LogP contribution in [0.4, 0.5) is 10.5 Å². The SMILES string of the molecule is CCCOC(=O)c1ccc(NC(=O)CN2C(=O)C(=O)N(C(C)C)C2=O)cc1. The first-order valence-corrected chi connectivity index (χ1v) is 8.52. The van der Waals surface area contributed by atoms with Crippen LogP contribution in [0.25, 0.3) is 0 Å². The van der Waals surface area contributed by atoms with E-state index in [4.69, 9.17) is 4.74 Å². The molecule has 5 amide bonds. The van der Waals surface area contributed by atoms with Gasteiger partial charge in [-0.3, -0.25) is 19.3 Å². The maximum atomic E-state index is 12.1. The topological polar surface area (TPSA) is 113 Å². The molecule has 0 spiro atoms. The number of rotatable bonds is 7. The van der Waals surface area contributed by atoms with Crippen LogP contribution in [0.2, 0.25) is 0 Å². The van der Waals surface area contributed by atoms with Crippen molar-refractivity contribution in [3.63, 3.8) is 0 Å². The number of nitrogens with zero attached hydrogens (tertiary/aromatic N) is 2. The third-order valence-electron chi connectivity index (χ3n) is 3.74. The van der Waals surface area contributed by atoms with E-state index in [2.05, 4.69) is 5.32 Å². The van der Waals surface area contributed by atoms with Crippen molar-refractivity contribution in [3.8, 4) is 0 Å². The highest BCUT2D eigenvalue weighted by atomic mass is 16.5. The van der Waals surface area contributed by atoms with Crippen LogP contribution in [0.15, 0.2) is 24.3 Å². The largest absolute Gasteiger partial charge is 0.462 e. The molecule has 27 heavy (non-hydrogen) atoms. The highest BCUT2D eigenvalue weighted by Crippen LogP contribution is 2.16. The molecule has 9 heteroatoms. The summed E-state index contributed by atoms with van der Waals surface area (Å²) in [5.74, 6) is -3.08. The average molecular weight is 375 g/mol. The molecule has 0 atom stereocenters. The third-order valence-corrected chi connectivity index (χ3v) is 3.74. The van der Waals surface area contributed by atoms with Crippen LogP contribution in [0, 0.1) is 0 Å². The van der Waals surface area contributed by atoms with Crippen molar-refractivity contribution < 1.29 is 28.7 Å². The molecule has 1 heterocycles. The van der Waals surface area contributed by atoms with E-state index in [9.17, 15) is 24.0 Å². The molecule has 9 nitrogen and oxygen atoms in total. The van der Waals surface area contributed by atoms with Crippen LogP contribution in [0.3, 0.4) is 0 Å². The van der Waals surface area contributed by atoms with Crippen molar-refractivity contribution in [3.05, 3.63) is 29.8 Å². The summed E-state index contributed by atoms with van der Waals surface area (Å²) in [6.07, 6.45) is 0.713. The number of esters is 1. The van der Waals surface area contributed by atoms with Crippen LogP contribution in [0.5, 0.6) is 0 Å². The highest BCUT2D eigenvalue weighted by Gasteiger charge is 2.46. The summed E-state index contributed by atoms with van der Waals surface area (Å²) < 4.78 is 5.01. The molecule has 0 aliphatic carbocycles. The van der Waals surface area contributed by atoms with E-state index in [0.717, 1.165) is 4.90 Å². The maximum absolute atomic E-state index is 12.1. The van der Waals surface area contributed by atoms with Gasteiger partial charge in [0.15, 0.2) is 0 Å². The zero-order valence-corrected chi connectivity index (χ0v) is 15.4. The van der Waals surface area contributed by atoms with Gasteiger partial charge in [0.25, 0.3) is 0 Å². The van der Waals surface area contributed by atoms with Gasteiger partial charge in [0.1, 0.15) is 6.54 Å². The van der Waals surface area contributed by atoms with Crippen LogP contribution in [-0.4, -0.2) is 58.7 Å². The number of carbonyl (C=O) groups excluding carboxylic acids is 5. The Hall–Kier alpha value is -3.23. The summed E-state index contributed by atoms with van der Waals surface area (Å²) in [5, 5.41) is 2.51. The molecule has 144 valence electrons. The molecule has 1 aliphatic heterocycles. The summed E-state index contributed by atoms with van der Waals surface area (Å²) in [6.45, 7) is 4.82. The first-order valence-electron chi connectivity index (χ1n) is 8.52. The van der Waals surface area contributed by atoms with Gasteiger partial charge < -0.3 is 10.1 Å². The molecule has 1 N–H and O–H groups in total. The Bertz CT molecular complexity index is 772. The quantitative estimate of drug-likeness (QED) is 0.438. The second-order valence-corrected chi connectivity index (χ2v) is 6.20. The number of carbonyl (C=O) groups is 5. The fourth-order valence-corrected chi connectivity index (χ4v) is 2.43. The summed E-state index contributed by atoms with van der Waals surface area (Å²) in [5.41, 5.74) is 0.711. The zero-order chi connectivity index (χ0) is 20.1. The zero-order valence-electron chi connectivity index (χ0n) is 15.4. The average Bonchev–Trinajstić information content (AvgIpc) is 2.83. The summed E-state index contributed by atoms with van der Waals surface area (Å²) >= 11 is 0. The van der Waals surface area contributed by atoms with Gasteiger partial charge in [0.05, 0.1) is 12.2 Å². The number of hydrogen-bond donors (Lipinski definition) is 1. The number of anilines is 1. The van der Waals surface area contributed by atoms with Gasteiger partial charge in [-0.2, -0.15) is 0 Å². The van der Waals surface area contributed by atoms with Gasteiger partial charge in [-0.15, -0.1) is 0 Å². The Morgan fingerprint density at radius 1 is 1.07 bits per heavy atom. The van der Waals surface area contributed by atoms with E-state index >= 15 is 0 Å². The van der Waals surface area contributed by atoms with Crippen molar-refractivity contribution in [2.24, 2.45) is 0 Å². The number of hydrogen-bond acceptors (Lipinski definition) is 6. The number of urea groups is 1. The fourth-order valence-electron chi connectivity index (χ4n) is 2.43. The molecule has 2 rings (SSSR count). The monoisotopic (exact) mass is 375 g/mol. The number of imide groups is 2. The standard InChI is InChI=1S/C18H21N3O6/c1-4-9-27-17(25)12-5-7-13(8-6-12)19-14(22)10-20-15(23)16(24)21(11(2)3)18(20)26/h5-8,11H,4,9-10H2,1-3H3,(H,19,22). The van der Waals surface area contributed by atoms with Gasteiger partial charge in [-0.1, -0.05) is 6.92 Å². The summed E-state index contributed by atoms with van der Waals surface area (Å²) in [6, 6.07) is 4.68. The molecule has 0 bridgehead atoms. The van der Waals surface area contributed by atoms with E-state index in [1.807, 2.05) is 6.92 Å². The predicted molar refractivity (Wildman–Crippen MR) is 94.7 cm³/mol. The van der Waals surface area contributed by atoms with Gasteiger partial charge in [0, 0.05) is 11.7 Å². The molecule has 1 saturated heterocycles. The van der Waals surface area contributed by atoms with Crippen molar-refractivity contribution in [2.45, 2.75) is 33.2 Å². The molecule has 1 aromatic carbocycles. The lowest BCUT2D eigenvalue weighted by atomic mass is 10.2. The Labute approximate surface area is 156 Å². The lowest BCUT2D eigenvalue weighted by Crippen LogP contribution is -2.40. The Morgan fingerprint density at radius 2 is 1.70 bits per heavy atom. The predicted octanol–water partition coefficient (Wildman–Crippen LogP) is 1.39. The first-order chi connectivity index (χ1) is 12.8. The van der Waals surface area contributed by atoms with E-state index in [-0.39, 0.29) is 0 Å². The van der Waals surface area contributed by atoms with Crippen LogP contribution in [-0.2, 0) is 19.1 Å². The molecular formula is C18H21N3O6. The molecule has 1 aromatic rings. The lowest BCUT2D eigenvalue weighted by molar-refractivity contribution is -0.144. The first kappa shape index (κ1) is 20.1. The molecule has 1 aliphatic rings. The smallest absolute Gasteiger partial charge is 0.338 e. The van der Waals surface area contributed by atoms with Gasteiger partial charge in [-0.05, 0) is 44.5 Å². The highest BCUT2D eigenvalue weighted by molar-refractivity contribution is 6.45. The minimum atomic E-state index is -1.03. The van der Waals surface area contributed by atoms with Crippen LogP contribution < -0.4 is 5.32 Å². The number of amides is 5. The maximum Gasteiger partial charge on any atom is 0.338 e. The second kappa shape index (κ2) is 8.43. The van der Waals surface area contributed by atoms with Crippen molar-refractivity contribution in [1.29, 1.82) is 0 Å². The van der Waals surface area contributed by atoms with Gasteiger partial charge >= 0.3 is 23.8 Å². The Morgan fingerprint density at radius 3 is 2.22 bits per heavy atom. The minimum absolute atomic E-state index is 0.321. The summed E-state index contributed by atoms with van der Waals surface area (Å²) in [4.78, 5) is 61.1. The van der Waals surface area contributed by atoms with E-state index < -0.39 is 42.3 Å². The number of benzene rings is 1. The van der Waals surface area contributed by atoms with Crippen molar-refractivity contribution >= 4 is 35.4 Å². The van der Waals surface area contributed by atoms with Crippen LogP contribution >= 0.6 is 0 Å². The van der Waals surface area contributed by atoms with Gasteiger partial charge in [-0.25, -0.2) is 14.5 Å². The van der Waals surface area contributed by atoms with E-state index in [1.54, 1.807) is 13.8 Å². The molecule has 1 fully saturated rings. The molecule has 0 radical (unpaired) electrons. The van der Waals surface area contributed by atoms with Crippen molar-refractivity contribution in [2.75, 3.05) is 18.5 Å².